The highest BCUT2D eigenvalue weighted by atomic mass is 16.5. The van der Waals surface area contributed by atoms with Crippen molar-refractivity contribution in [2.45, 2.75) is 45.2 Å². The van der Waals surface area contributed by atoms with Gasteiger partial charge in [0.1, 0.15) is 17.6 Å². The Balaban J connectivity index is 1.23. The van der Waals surface area contributed by atoms with Crippen molar-refractivity contribution in [2.75, 3.05) is 24.9 Å². The van der Waals surface area contributed by atoms with Crippen LogP contribution in [0.5, 0.6) is 11.5 Å². The summed E-state index contributed by atoms with van der Waals surface area (Å²) >= 11 is 0. The number of nitrogens with one attached hydrogen (secondary N) is 2. The predicted molar refractivity (Wildman–Crippen MR) is 126 cm³/mol. The summed E-state index contributed by atoms with van der Waals surface area (Å²) in [6.07, 6.45) is 6.23. The second-order valence-electron chi connectivity index (χ2n) is 9.09. The summed E-state index contributed by atoms with van der Waals surface area (Å²) in [5, 5.41) is 15.9. The third-order valence-electron chi connectivity index (χ3n) is 7.31. The molecule has 1 heterocycles. The minimum atomic E-state index is -0.0447. The predicted octanol–water partition coefficient (Wildman–Crippen LogP) is 5.17. The van der Waals surface area contributed by atoms with Gasteiger partial charge in [0.2, 0.25) is 0 Å². The molecule has 1 spiro atoms. The lowest BCUT2D eigenvalue weighted by molar-refractivity contribution is 0.145. The lowest BCUT2D eigenvalue weighted by Crippen LogP contribution is -2.47. The third kappa shape index (κ3) is 3.66. The lowest BCUT2D eigenvalue weighted by atomic mass is 9.80. The Morgan fingerprint density at radius 1 is 1.15 bits per heavy atom. The standard InChI is InChI=1S/C26H28N4O3/c1-16-4-6-22(33-3)24-20(16)15-30(25(31)29-24)19-8-10-26(11-9-19)13-23(26)28-18-5-7-21(32-2)17(12-18)14-27/h4-7,12-13,19,28H,8-11,15H2,1-3H3,(H,29,31). The maximum Gasteiger partial charge on any atom is 0.322 e. The number of benzene rings is 2. The molecule has 0 aromatic heterocycles. The van der Waals surface area contributed by atoms with Crippen LogP contribution in [0.3, 0.4) is 0 Å². The van der Waals surface area contributed by atoms with Crippen LogP contribution in [0.1, 0.15) is 42.4 Å². The van der Waals surface area contributed by atoms with E-state index < -0.39 is 0 Å². The quantitative estimate of drug-likeness (QED) is 0.664. The molecule has 2 N–H and O–H groups in total. The van der Waals surface area contributed by atoms with Crippen molar-refractivity contribution in [2.24, 2.45) is 5.41 Å². The van der Waals surface area contributed by atoms with E-state index in [1.54, 1.807) is 14.2 Å². The van der Waals surface area contributed by atoms with Crippen LogP contribution in [0.25, 0.3) is 0 Å². The average Bonchev–Trinajstić information content (AvgIpc) is 3.50. The number of hydrogen-bond donors (Lipinski definition) is 2. The zero-order chi connectivity index (χ0) is 23.2. The molecule has 170 valence electrons. The fourth-order valence-corrected chi connectivity index (χ4v) is 5.23. The van der Waals surface area contributed by atoms with Crippen molar-refractivity contribution >= 4 is 17.4 Å². The first-order valence-corrected chi connectivity index (χ1v) is 11.3. The minimum Gasteiger partial charge on any atom is -0.495 e. The Morgan fingerprint density at radius 2 is 1.88 bits per heavy atom. The van der Waals surface area contributed by atoms with Crippen LogP contribution < -0.4 is 20.1 Å². The topological polar surface area (TPSA) is 86.6 Å². The molecule has 3 aliphatic rings. The molecule has 2 aliphatic carbocycles. The SMILES string of the molecule is COc1ccc(NC2=CC23CCC(N2Cc4c(C)ccc(OC)c4NC2=O)CC3)cc1C#N. The molecule has 0 bridgehead atoms. The van der Waals surface area contributed by atoms with E-state index in [0.29, 0.717) is 23.6 Å². The van der Waals surface area contributed by atoms with Gasteiger partial charge in [0.25, 0.3) is 0 Å². The van der Waals surface area contributed by atoms with Gasteiger partial charge in [-0.15, -0.1) is 0 Å². The number of fused-ring (bicyclic) bond motifs is 1. The van der Waals surface area contributed by atoms with E-state index in [2.05, 4.69) is 29.7 Å². The molecular weight excluding hydrogens is 416 g/mol. The monoisotopic (exact) mass is 444 g/mol. The molecule has 0 saturated heterocycles. The largest absolute Gasteiger partial charge is 0.495 e. The average molecular weight is 445 g/mol. The molecule has 33 heavy (non-hydrogen) atoms. The number of aryl methyl sites for hydroxylation is 1. The maximum atomic E-state index is 12.9. The summed E-state index contributed by atoms with van der Waals surface area (Å²) in [7, 11) is 3.20. The van der Waals surface area contributed by atoms with Crippen molar-refractivity contribution in [3.05, 3.63) is 58.8 Å². The van der Waals surface area contributed by atoms with Gasteiger partial charge >= 0.3 is 6.03 Å². The molecule has 2 aromatic carbocycles. The van der Waals surface area contributed by atoms with Gasteiger partial charge in [-0.1, -0.05) is 12.1 Å². The summed E-state index contributed by atoms with van der Waals surface area (Å²) < 4.78 is 10.7. The minimum absolute atomic E-state index is 0.0447. The van der Waals surface area contributed by atoms with Gasteiger partial charge in [-0.3, -0.25) is 0 Å². The Kier molecular flexibility index (Phi) is 5.16. The highest BCUT2D eigenvalue weighted by Crippen LogP contribution is 2.55. The fourth-order valence-electron chi connectivity index (χ4n) is 5.23. The highest BCUT2D eigenvalue weighted by molar-refractivity contribution is 5.94. The van der Waals surface area contributed by atoms with Gasteiger partial charge in [0.05, 0.1) is 32.0 Å². The van der Waals surface area contributed by atoms with E-state index in [0.717, 1.165) is 48.2 Å². The van der Waals surface area contributed by atoms with Gasteiger partial charge in [0.15, 0.2) is 0 Å². The normalized spacial score (nSPS) is 23.2. The summed E-state index contributed by atoms with van der Waals surface area (Å²) in [6.45, 7) is 2.69. The molecule has 0 radical (unpaired) electrons. The van der Waals surface area contributed by atoms with E-state index in [1.165, 1.54) is 5.70 Å². The second-order valence-corrected chi connectivity index (χ2v) is 9.09. The number of carbonyl (C=O) groups excluding carboxylic acids is 1. The second kappa shape index (κ2) is 8.04. The number of hydrogen-bond acceptors (Lipinski definition) is 5. The molecule has 1 aliphatic heterocycles. The highest BCUT2D eigenvalue weighted by Gasteiger charge is 2.48. The molecule has 0 atom stereocenters. The molecule has 2 amide bonds. The summed E-state index contributed by atoms with van der Waals surface area (Å²) in [6, 6.07) is 11.9. The Hall–Kier alpha value is -3.66. The summed E-state index contributed by atoms with van der Waals surface area (Å²) in [4.78, 5) is 14.9. The van der Waals surface area contributed by atoms with Crippen molar-refractivity contribution in [1.29, 1.82) is 5.26 Å². The molecule has 5 rings (SSSR count). The zero-order valence-electron chi connectivity index (χ0n) is 19.2. The molecule has 2 aromatic rings. The van der Waals surface area contributed by atoms with Gasteiger partial charge in [-0.2, -0.15) is 5.26 Å². The van der Waals surface area contributed by atoms with Crippen LogP contribution in [-0.2, 0) is 6.54 Å². The van der Waals surface area contributed by atoms with Gasteiger partial charge in [-0.25, -0.2) is 4.79 Å². The molecule has 1 fully saturated rings. The van der Waals surface area contributed by atoms with E-state index in [4.69, 9.17) is 9.47 Å². The van der Waals surface area contributed by atoms with Crippen LogP contribution in [0.4, 0.5) is 16.2 Å². The number of nitriles is 1. The van der Waals surface area contributed by atoms with Crippen LogP contribution in [0.2, 0.25) is 0 Å². The zero-order valence-corrected chi connectivity index (χ0v) is 19.2. The van der Waals surface area contributed by atoms with Crippen molar-refractivity contribution in [3.8, 4) is 17.6 Å². The lowest BCUT2D eigenvalue weighted by Gasteiger charge is -2.40. The number of amides is 2. The molecule has 1 saturated carbocycles. The number of anilines is 2. The molecule has 7 heteroatoms. The first-order valence-electron chi connectivity index (χ1n) is 11.3. The first kappa shape index (κ1) is 21.2. The number of allylic oxidation sites excluding steroid dienone is 2. The number of urea groups is 1. The van der Waals surface area contributed by atoms with Crippen molar-refractivity contribution in [3.63, 3.8) is 0 Å². The van der Waals surface area contributed by atoms with Crippen LogP contribution >= 0.6 is 0 Å². The van der Waals surface area contributed by atoms with Gasteiger partial charge in [0, 0.05) is 28.4 Å². The smallest absolute Gasteiger partial charge is 0.322 e. The van der Waals surface area contributed by atoms with Crippen LogP contribution in [0.15, 0.2) is 42.1 Å². The maximum absolute atomic E-state index is 12.9. The summed E-state index contributed by atoms with van der Waals surface area (Å²) in [5.74, 6) is 1.29. The fraction of sp³-hybridized carbons (Fsp3) is 0.385. The number of nitrogens with zero attached hydrogens (tertiary/aromatic N) is 2. The van der Waals surface area contributed by atoms with E-state index in [1.807, 2.05) is 35.2 Å². The number of methoxy groups -OCH3 is 2. The number of rotatable bonds is 5. The number of carbonyl (C=O) groups is 1. The van der Waals surface area contributed by atoms with Crippen molar-refractivity contribution < 1.29 is 14.3 Å². The van der Waals surface area contributed by atoms with E-state index >= 15 is 0 Å². The van der Waals surface area contributed by atoms with E-state index in [9.17, 15) is 10.1 Å². The third-order valence-corrected chi connectivity index (χ3v) is 7.31. The molecule has 7 nitrogen and oxygen atoms in total. The van der Waals surface area contributed by atoms with Crippen LogP contribution in [-0.4, -0.2) is 31.2 Å². The number of ether oxygens (including phenoxy) is 2. The Labute approximate surface area is 194 Å². The van der Waals surface area contributed by atoms with Crippen molar-refractivity contribution in [1.82, 2.24) is 4.90 Å². The molecular formula is C26H28N4O3. The van der Waals surface area contributed by atoms with Gasteiger partial charge in [-0.05, 0) is 62.4 Å². The Bertz CT molecular complexity index is 1190. The molecule has 0 unspecified atom stereocenters. The Morgan fingerprint density at radius 3 is 2.58 bits per heavy atom. The van der Waals surface area contributed by atoms with Gasteiger partial charge < -0.3 is 25.0 Å². The van der Waals surface area contributed by atoms with Crippen LogP contribution in [0, 0.1) is 23.7 Å². The van der Waals surface area contributed by atoms with E-state index in [-0.39, 0.29) is 17.5 Å². The summed E-state index contributed by atoms with van der Waals surface area (Å²) in [5.41, 5.74) is 5.82. The first-order chi connectivity index (χ1) is 16.0.